The van der Waals surface area contributed by atoms with Crippen LogP contribution in [0.1, 0.15) is 25.3 Å². The summed E-state index contributed by atoms with van der Waals surface area (Å²) < 4.78 is 5.89. The smallest absolute Gasteiger partial charge is 0.127 e. The van der Waals surface area contributed by atoms with Crippen molar-refractivity contribution in [3.8, 4) is 5.75 Å². The van der Waals surface area contributed by atoms with Crippen LogP contribution in [0, 0.1) is 5.92 Å². The van der Waals surface area contributed by atoms with Crippen molar-refractivity contribution < 1.29 is 9.84 Å². The minimum absolute atomic E-state index is 0.0137. The van der Waals surface area contributed by atoms with Crippen LogP contribution in [-0.2, 0) is 0 Å². The monoisotopic (exact) mass is 218 g/mol. The molecule has 2 atom stereocenters. The number of para-hydroxylation sites is 1. The van der Waals surface area contributed by atoms with Crippen LogP contribution in [-0.4, -0.2) is 17.8 Å². The Morgan fingerprint density at radius 2 is 2.19 bits per heavy atom. The molecule has 0 fully saturated rings. The molecule has 1 aliphatic rings. The molecule has 0 saturated carbocycles. The van der Waals surface area contributed by atoms with Crippen LogP contribution in [0.4, 0.5) is 0 Å². The third kappa shape index (κ3) is 2.27. The maximum Gasteiger partial charge on any atom is 0.127 e. The van der Waals surface area contributed by atoms with Gasteiger partial charge in [0, 0.05) is 18.1 Å². The molecule has 0 saturated heterocycles. The molecule has 0 aromatic heterocycles. The number of aliphatic hydroxyl groups is 1. The van der Waals surface area contributed by atoms with Crippen LogP contribution in [0.15, 0.2) is 30.3 Å². The molecule has 2 heteroatoms. The molecule has 0 radical (unpaired) electrons. The predicted octanol–water partition coefficient (Wildman–Crippen LogP) is 2.87. The molecule has 0 aliphatic carbocycles. The molecule has 2 rings (SSSR count). The summed E-state index contributed by atoms with van der Waals surface area (Å²) >= 11 is 0. The first-order valence-electron chi connectivity index (χ1n) is 5.90. The first-order chi connectivity index (χ1) is 7.85. The summed E-state index contributed by atoms with van der Waals surface area (Å²) in [5, 5.41) is 9.34. The molecule has 1 heterocycles. The molecule has 0 spiro atoms. The zero-order chi connectivity index (χ0) is 11.4. The second-order valence-electron chi connectivity index (χ2n) is 4.21. The van der Waals surface area contributed by atoms with Crippen molar-refractivity contribution in [2.75, 3.05) is 6.61 Å². The normalized spacial score (nSPS) is 20.0. The zero-order valence-electron chi connectivity index (χ0n) is 9.60. The summed E-state index contributed by atoms with van der Waals surface area (Å²) in [6, 6.07) is 7.99. The van der Waals surface area contributed by atoms with Crippen molar-refractivity contribution in [1.29, 1.82) is 0 Å². The highest BCUT2D eigenvalue weighted by molar-refractivity contribution is 5.59. The van der Waals surface area contributed by atoms with E-state index in [-0.39, 0.29) is 18.6 Å². The number of benzene rings is 1. The van der Waals surface area contributed by atoms with Crippen molar-refractivity contribution in [1.82, 2.24) is 0 Å². The fourth-order valence-electron chi connectivity index (χ4n) is 2.09. The van der Waals surface area contributed by atoms with E-state index in [9.17, 15) is 5.11 Å². The van der Waals surface area contributed by atoms with E-state index in [1.165, 1.54) is 0 Å². The van der Waals surface area contributed by atoms with Gasteiger partial charge < -0.3 is 9.84 Å². The van der Waals surface area contributed by atoms with E-state index in [1.807, 2.05) is 24.3 Å². The summed E-state index contributed by atoms with van der Waals surface area (Å²) in [4.78, 5) is 0. The molecule has 0 amide bonds. The molecule has 1 aromatic carbocycles. The molecular weight excluding hydrogens is 200 g/mol. The highest BCUT2D eigenvalue weighted by Gasteiger charge is 2.22. The van der Waals surface area contributed by atoms with Crippen molar-refractivity contribution in [2.24, 2.45) is 5.92 Å². The SMILES string of the molecule is CCC[C@@H](CO)[C@H]1C=Cc2ccccc2O1. The lowest BCUT2D eigenvalue weighted by atomic mass is 9.95. The Morgan fingerprint density at radius 3 is 2.94 bits per heavy atom. The highest BCUT2D eigenvalue weighted by atomic mass is 16.5. The van der Waals surface area contributed by atoms with E-state index in [4.69, 9.17) is 4.74 Å². The van der Waals surface area contributed by atoms with Gasteiger partial charge in [0.15, 0.2) is 0 Å². The topological polar surface area (TPSA) is 29.5 Å². The molecule has 16 heavy (non-hydrogen) atoms. The van der Waals surface area contributed by atoms with E-state index in [1.54, 1.807) is 0 Å². The molecule has 1 aliphatic heterocycles. The molecule has 0 unspecified atom stereocenters. The Morgan fingerprint density at radius 1 is 1.38 bits per heavy atom. The lowest BCUT2D eigenvalue weighted by molar-refractivity contribution is 0.110. The standard InChI is InChI=1S/C14H18O2/c1-2-5-12(10-15)14-9-8-11-6-3-4-7-13(11)16-14/h3-4,6-9,12,14-15H,2,5,10H2,1H3/t12-,14+/m0/s1. The van der Waals surface area contributed by atoms with Gasteiger partial charge in [-0.3, -0.25) is 0 Å². The highest BCUT2D eigenvalue weighted by Crippen LogP contribution is 2.29. The second kappa shape index (κ2) is 5.17. The lowest BCUT2D eigenvalue weighted by Gasteiger charge is -2.27. The number of hydrogen-bond acceptors (Lipinski definition) is 2. The van der Waals surface area contributed by atoms with Crippen LogP contribution in [0.5, 0.6) is 5.75 Å². The Labute approximate surface area is 96.6 Å². The lowest BCUT2D eigenvalue weighted by Crippen LogP contribution is -2.29. The summed E-state index contributed by atoms with van der Waals surface area (Å²) in [7, 11) is 0. The van der Waals surface area contributed by atoms with Crippen molar-refractivity contribution in [3.05, 3.63) is 35.9 Å². The number of ether oxygens (including phenoxy) is 1. The first kappa shape index (κ1) is 11.2. The van der Waals surface area contributed by atoms with Crippen LogP contribution < -0.4 is 4.74 Å². The van der Waals surface area contributed by atoms with Gasteiger partial charge in [-0.1, -0.05) is 37.6 Å². The number of fused-ring (bicyclic) bond motifs is 1. The van der Waals surface area contributed by atoms with Gasteiger partial charge in [0.1, 0.15) is 11.9 Å². The summed E-state index contributed by atoms with van der Waals surface area (Å²) in [5.41, 5.74) is 1.12. The fourth-order valence-corrected chi connectivity index (χ4v) is 2.09. The fraction of sp³-hybridized carbons (Fsp3) is 0.429. The number of aliphatic hydroxyl groups excluding tert-OH is 1. The van der Waals surface area contributed by atoms with Gasteiger partial charge in [-0.25, -0.2) is 0 Å². The van der Waals surface area contributed by atoms with Crippen LogP contribution in [0.25, 0.3) is 6.08 Å². The van der Waals surface area contributed by atoms with Gasteiger partial charge in [0.05, 0.1) is 0 Å². The van der Waals surface area contributed by atoms with Crippen LogP contribution in [0.2, 0.25) is 0 Å². The molecular formula is C14H18O2. The Bertz CT molecular complexity index is 371. The minimum atomic E-state index is 0.0137. The molecule has 86 valence electrons. The van der Waals surface area contributed by atoms with E-state index in [0.717, 1.165) is 24.2 Å². The van der Waals surface area contributed by atoms with Gasteiger partial charge in [-0.2, -0.15) is 0 Å². The van der Waals surface area contributed by atoms with Gasteiger partial charge in [0.25, 0.3) is 0 Å². The van der Waals surface area contributed by atoms with Gasteiger partial charge in [-0.05, 0) is 18.6 Å². The molecule has 0 bridgehead atoms. The third-order valence-electron chi connectivity index (χ3n) is 3.01. The van der Waals surface area contributed by atoms with E-state index in [0.29, 0.717) is 0 Å². The Kier molecular flexibility index (Phi) is 3.62. The molecule has 1 aromatic rings. The molecule has 1 N–H and O–H groups in total. The maximum absolute atomic E-state index is 9.34. The van der Waals surface area contributed by atoms with E-state index in [2.05, 4.69) is 19.1 Å². The number of hydrogen-bond donors (Lipinski definition) is 1. The quantitative estimate of drug-likeness (QED) is 0.842. The summed E-state index contributed by atoms with van der Waals surface area (Å²) in [6.07, 6.45) is 6.22. The van der Waals surface area contributed by atoms with E-state index >= 15 is 0 Å². The van der Waals surface area contributed by atoms with Crippen LogP contribution >= 0.6 is 0 Å². The second-order valence-corrected chi connectivity index (χ2v) is 4.21. The zero-order valence-corrected chi connectivity index (χ0v) is 9.60. The Hall–Kier alpha value is -1.28. The summed E-state index contributed by atoms with van der Waals surface area (Å²) in [6.45, 7) is 2.31. The third-order valence-corrected chi connectivity index (χ3v) is 3.01. The van der Waals surface area contributed by atoms with Gasteiger partial charge in [-0.15, -0.1) is 0 Å². The van der Waals surface area contributed by atoms with Gasteiger partial charge in [0.2, 0.25) is 0 Å². The van der Waals surface area contributed by atoms with Crippen LogP contribution in [0.3, 0.4) is 0 Å². The average Bonchev–Trinajstić information content (AvgIpc) is 2.35. The first-order valence-corrected chi connectivity index (χ1v) is 5.90. The van der Waals surface area contributed by atoms with E-state index < -0.39 is 0 Å². The predicted molar refractivity (Wildman–Crippen MR) is 65.4 cm³/mol. The minimum Gasteiger partial charge on any atom is -0.485 e. The average molecular weight is 218 g/mol. The largest absolute Gasteiger partial charge is 0.485 e. The van der Waals surface area contributed by atoms with Gasteiger partial charge >= 0.3 is 0 Å². The van der Waals surface area contributed by atoms with Crippen molar-refractivity contribution >= 4 is 6.08 Å². The van der Waals surface area contributed by atoms with Crippen molar-refractivity contribution in [2.45, 2.75) is 25.9 Å². The summed E-state index contributed by atoms with van der Waals surface area (Å²) in [5.74, 6) is 1.12. The number of rotatable bonds is 4. The molecule has 2 nitrogen and oxygen atoms in total. The van der Waals surface area contributed by atoms with Crippen molar-refractivity contribution in [3.63, 3.8) is 0 Å². The maximum atomic E-state index is 9.34. The Balaban J connectivity index is 2.12.